The van der Waals surface area contributed by atoms with E-state index in [0.29, 0.717) is 16.5 Å². The fourth-order valence-corrected chi connectivity index (χ4v) is 4.91. The monoisotopic (exact) mass is 463 g/mol. The van der Waals surface area contributed by atoms with E-state index in [4.69, 9.17) is 32.5 Å². The van der Waals surface area contributed by atoms with Crippen LogP contribution in [0, 0.1) is 0 Å². The second-order valence-electron chi connectivity index (χ2n) is 6.34. The molecule has 0 spiro atoms. The van der Waals surface area contributed by atoms with E-state index >= 15 is 0 Å². The van der Waals surface area contributed by atoms with Gasteiger partial charge in [-0.05, 0) is 47.3 Å². The molecule has 7 nitrogen and oxygen atoms in total. The van der Waals surface area contributed by atoms with Crippen LogP contribution in [0.2, 0.25) is 10.3 Å². The third-order valence-corrected chi connectivity index (χ3v) is 6.71. The van der Waals surface area contributed by atoms with Crippen molar-refractivity contribution in [2.45, 2.75) is 11.4 Å². The number of aromatic nitrogens is 2. The number of hydrogen-bond donors (Lipinski definition) is 0. The van der Waals surface area contributed by atoms with Crippen LogP contribution in [0.1, 0.15) is 5.56 Å². The molecule has 0 aliphatic heterocycles. The Balaban J connectivity index is 1.78. The van der Waals surface area contributed by atoms with Crippen LogP contribution in [0.15, 0.2) is 70.3 Å². The summed E-state index contributed by atoms with van der Waals surface area (Å²) in [6.45, 7) is 0.0504. The Morgan fingerprint density at radius 3 is 2.50 bits per heavy atom. The predicted molar refractivity (Wildman–Crippen MR) is 115 cm³/mol. The standard InChI is InChI=1S/C20H15Cl2N3O4S/c1-28-15-4-2-13(3-5-15)12-25(19-8-9-29-24-19)30(26,27)16-6-7-17-14(10-16)11-18(21)23-20(17)22/h2-11H,12H2,1H3. The molecule has 0 aliphatic carbocycles. The summed E-state index contributed by atoms with van der Waals surface area (Å²) in [5, 5.41) is 5.36. The van der Waals surface area contributed by atoms with Gasteiger partial charge >= 0.3 is 0 Å². The van der Waals surface area contributed by atoms with Crippen molar-refractivity contribution in [1.82, 2.24) is 10.1 Å². The number of methoxy groups -OCH3 is 1. The van der Waals surface area contributed by atoms with E-state index in [1.807, 2.05) is 0 Å². The molecule has 0 saturated carbocycles. The Morgan fingerprint density at radius 1 is 1.07 bits per heavy atom. The second-order valence-corrected chi connectivity index (χ2v) is 8.94. The van der Waals surface area contributed by atoms with Gasteiger partial charge in [-0.15, -0.1) is 0 Å². The van der Waals surface area contributed by atoms with Gasteiger partial charge in [-0.1, -0.05) is 40.5 Å². The summed E-state index contributed by atoms with van der Waals surface area (Å²) in [4.78, 5) is 4.04. The zero-order valence-electron chi connectivity index (χ0n) is 15.6. The molecule has 0 atom stereocenters. The van der Waals surface area contributed by atoms with E-state index in [0.717, 1.165) is 5.56 Å². The Labute approximate surface area is 182 Å². The van der Waals surface area contributed by atoms with E-state index in [2.05, 4.69) is 10.1 Å². The van der Waals surface area contributed by atoms with E-state index in [-0.39, 0.29) is 27.6 Å². The number of benzene rings is 2. The normalized spacial score (nSPS) is 11.6. The number of nitrogens with zero attached hydrogens (tertiary/aromatic N) is 3. The summed E-state index contributed by atoms with van der Waals surface area (Å²) in [6, 6.07) is 14.7. The van der Waals surface area contributed by atoms with Crippen molar-refractivity contribution in [2.24, 2.45) is 0 Å². The first-order valence-electron chi connectivity index (χ1n) is 8.70. The zero-order valence-corrected chi connectivity index (χ0v) is 17.9. The Bertz CT molecular complexity index is 1290. The van der Waals surface area contributed by atoms with Gasteiger partial charge in [-0.25, -0.2) is 17.7 Å². The zero-order chi connectivity index (χ0) is 21.3. The molecule has 0 radical (unpaired) electrons. The first kappa shape index (κ1) is 20.5. The molecule has 2 aromatic heterocycles. The highest BCUT2D eigenvalue weighted by atomic mass is 35.5. The largest absolute Gasteiger partial charge is 0.497 e. The van der Waals surface area contributed by atoms with E-state index in [1.165, 1.54) is 28.8 Å². The minimum absolute atomic E-state index is 0.0504. The van der Waals surface area contributed by atoms with Crippen molar-refractivity contribution in [3.8, 4) is 5.75 Å². The average molecular weight is 464 g/mol. The van der Waals surface area contributed by atoms with Crippen LogP contribution in [0.25, 0.3) is 10.8 Å². The van der Waals surface area contributed by atoms with Crippen molar-refractivity contribution in [1.29, 1.82) is 0 Å². The fraction of sp³-hybridized carbons (Fsp3) is 0.100. The molecule has 0 saturated heterocycles. The maximum atomic E-state index is 13.5. The smallest absolute Gasteiger partial charge is 0.265 e. The summed E-state index contributed by atoms with van der Waals surface area (Å²) in [6.07, 6.45) is 1.32. The predicted octanol–water partition coefficient (Wildman–Crippen LogP) is 4.93. The molecule has 4 aromatic rings. The lowest BCUT2D eigenvalue weighted by atomic mass is 10.2. The highest BCUT2D eigenvalue weighted by Gasteiger charge is 2.27. The van der Waals surface area contributed by atoms with Crippen molar-refractivity contribution in [2.75, 3.05) is 11.4 Å². The molecule has 0 fully saturated rings. The first-order valence-corrected chi connectivity index (χ1v) is 10.9. The van der Waals surface area contributed by atoms with Crippen LogP contribution < -0.4 is 9.04 Å². The lowest BCUT2D eigenvalue weighted by molar-refractivity contribution is 0.414. The Morgan fingerprint density at radius 2 is 1.83 bits per heavy atom. The minimum Gasteiger partial charge on any atom is -0.497 e. The maximum Gasteiger partial charge on any atom is 0.265 e. The molecule has 2 heterocycles. The van der Waals surface area contributed by atoms with Gasteiger partial charge in [0.15, 0.2) is 5.82 Å². The molecule has 4 rings (SSSR count). The summed E-state index contributed by atoms with van der Waals surface area (Å²) >= 11 is 12.1. The van der Waals surface area contributed by atoms with Crippen LogP contribution in [0.5, 0.6) is 5.75 Å². The lowest BCUT2D eigenvalue weighted by Gasteiger charge is -2.22. The third kappa shape index (κ3) is 3.94. The van der Waals surface area contributed by atoms with E-state index in [9.17, 15) is 8.42 Å². The van der Waals surface area contributed by atoms with Gasteiger partial charge in [0, 0.05) is 11.5 Å². The molecule has 0 N–H and O–H groups in total. The molecule has 154 valence electrons. The van der Waals surface area contributed by atoms with Crippen LogP contribution >= 0.6 is 23.2 Å². The van der Waals surface area contributed by atoms with Gasteiger partial charge in [0.25, 0.3) is 10.0 Å². The summed E-state index contributed by atoms with van der Waals surface area (Å²) in [7, 11) is -2.42. The average Bonchev–Trinajstić information content (AvgIpc) is 3.26. The molecule has 0 amide bonds. The summed E-state index contributed by atoms with van der Waals surface area (Å²) in [5.41, 5.74) is 0.749. The van der Waals surface area contributed by atoms with E-state index in [1.54, 1.807) is 43.5 Å². The highest BCUT2D eigenvalue weighted by molar-refractivity contribution is 7.92. The molecule has 30 heavy (non-hydrogen) atoms. The van der Waals surface area contributed by atoms with Crippen molar-refractivity contribution < 1.29 is 17.7 Å². The van der Waals surface area contributed by atoms with Gasteiger partial charge in [-0.2, -0.15) is 0 Å². The van der Waals surface area contributed by atoms with Crippen LogP contribution in [0.3, 0.4) is 0 Å². The van der Waals surface area contributed by atoms with Gasteiger partial charge in [0.1, 0.15) is 22.3 Å². The number of ether oxygens (including phenoxy) is 1. The SMILES string of the molecule is COc1ccc(CN(c2ccon2)S(=O)(=O)c2ccc3c(Cl)nc(Cl)cc3c2)cc1. The topological polar surface area (TPSA) is 85.5 Å². The molecule has 2 aromatic carbocycles. The van der Waals surface area contributed by atoms with Gasteiger partial charge in [0.2, 0.25) is 0 Å². The fourth-order valence-electron chi connectivity index (χ4n) is 2.97. The maximum absolute atomic E-state index is 13.5. The lowest BCUT2D eigenvalue weighted by Crippen LogP contribution is -2.30. The molecule has 0 unspecified atom stereocenters. The quantitative estimate of drug-likeness (QED) is 0.376. The van der Waals surface area contributed by atoms with E-state index < -0.39 is 10.0 Å². The van der Waals surface area contributed by atoms with Crippen molar-refractivity contribution >= 4 is 49.8 Å². The third-order valence-electron chi connectivity index (χ3n) is 4.48. The molecule has 10 heteroatoms. The molecule has 0 aliphatic rings. The number of halogens is 2. The molecule has 0 bridgehead atoms. The Hall–Kier alpha value is -2.81. The number of hydrogen-bond acceptors (Lipinski definition) is 6. The minimum atomic E-state index is -3.98. The van der Waals surface area contributed by atoms with Crippen molar-refractivity contribution in [3.05, 3.63) is 76.7 Å². The van der Waals surface area contributed by atoms with Gasteiger partial charge in [-0.3, -0.25) is 0 Å². The number of pyridine rings is 1. The van der Waals surface area contributed by atoms with Crippen LogP contribution in [0.4, 0.5) is 5.82 Å². The van der Waals surface area contributed by atoms with Crippen molar-refractivity contribution in [3.63, 3.8) is 0 Å². The Kier molecular flexibility index (Phi) is 5.55. The van der Waals surface area contributed by atoms with Gasteiger partial charge < -0.3 is 9.26 Å². The number of anilines is 1. The summed E-state index contributed by atoms with van der Waals surface area (Å²) in [5.74, 6) is 0.836. The summed E-state index contributed by atoms with van der Waals surface area (Å²) < 4.78 is 38.2. The number of fused-ring (bicyclic) bond motifs is 1. The van der Waals surface area contributed by atoms with Crippen LogP contribution in [-0.2, 0) is 16.6 Å². The second kappa shape index (κ2) is 8.14. The molecular weight excluding hydrogens is 449 g/mol. The van der Waals surface area contributed by atoms with Crippen LogP contribution in [-0.4, -0.2) is 25.7 Å². The number of sulfonamides is 1. The highest BCUT2D eigenvalue weighted by Crippen LogP contribution is 2.30. The first-order chi connectivity index (χ1) is 14.4. The molecular formula is C20H15Cl2N3O4S. The van der Waals surface area contributed by atoms with Gasteiger partial charge in [0.05, 0.1) is 18.6 Å². The number of rotatable bonds is 6.